The van der Waals surface area contributed by atoms with Crippen molar-refractivity contribution in [3.63, 3.8) is 0 Å². The van der Waals surface area contributed by atoms with E-state index in [1.54, 1.807) is 0 Å². The Morgan fingerprint density at radius 2 is 1.78 bits per heavy atom. The number of halogens is 1. The molecule has 0 bridgehead atoms. The highest BCUT2D eigenvalue weighted by Gasteiger charge is 2.41. The van der Waals surface area contributed by atoms with Gasteiger partial charge < -0.3 is 10.2 Å². The molecule has 5 heteroatoms. The summed E-state index contributed by atoms with van der Waals surface area (Å²) in [4.78, 5) is 9.62. The number of likely N-dealkylation sites (tertiary alicyclic amines) is 1. The van der Waals surface area contributed by atoms with Crippen molar-refractivity contribution in [2.45, 2.75) is 38.1 Å². The molecule has 2 aliphatic heterocycles. The quantitative estimate of drug-likeness (QED) is 0.315. The van der Waals surface area contributed by atoms with Gasteiger partial charge in [-0.15, -0.1) is 24.0 Å². The number of rotatable bonds is 5. The van der Waals surface area contributed by atoms with E-state index in [1.807, 2.05) is 7.05 Å². The molecule has 23 heavy (non-hydrogen) atoms. The molecule has 0 spiro atoms. The van der Waals surface area contributed by atoms with Gasteiger partial charge in [-0.05, 0) is 49.9 Å². The predicted octanol–water partition coefficient (Wildman–Crippen LogP) is 2.56. The van der Waals surface area contributed by atoms with Crippen molar-refractivity contribution < 1.29 is 0 Å². The highest BCUT2D eigenvalue weighted by Crippen LogP contribution is 2.48. The van der Waals surface area contributed by atoms with Crippen molar-refractivity contribution in [2.24, 2.45) is 22.7 Å². The van der Waals surface area contributed by atoms with Crippen molar-refractivity contribution in [2.75, 3.05) is 39.8 Å². The lowest BCUT2D eigenvalue weighted by Gasteiger charge is -2.26. The first-order valence-corrected chi connectivity index (χ1v) is 9.20. The van der Waals surface area contributed by atoms with Crippen molar-refractivity contribution in [3.05, 3.63) is 12.2 Å². The fourth-order valence-electron chi connectivity index (χ4n) is 4.33. The third kappa shape index (κ3) is 4.21. The molecule has 1 atom stereocenters. The third-order valence-electron chi connectivity index (χ3n) is 5.99. The second-order valence-electron chi connectivity index (χ2n) is 7.58. The summed E-state index contributed by atoms with van der Waals surface area (Å²) in [5.41, 5.74) is 0. The van der Waals surface area contributed by atoms with E-state index in [1.165, 1.54) is 32.1 Å². The number of guanidine groups is 1. The Bertz CT molecular complexity index is 436. The fourth-order valence-corrected chi connectivity index (χ4v) is 4.33. The molecule has 0 radical (unpaired) electrons. The Hall–Kier alpha value is -0.300. The molecule has 130 valence electrons. The second-order valence-corrected chi connectivity index (χ2v) is 7.58. The average Bonchev–Trinajstić information content (AvgIpc) is 3.44. The molecule has 4 aliphatic rings. The summed E-state index contributed by atoms with van der Waals surface area (Å²) < 4.78 is 0. The minimum Gasteiger partial charge on any atom is -0.356 e. The van der Waals surface area contributed by atoms with Crippen LogP contribution in [0.5, 0.6) is 0 Å². The van der Waals surface area contributed by atoms with Crippen LogP contribution in [0.3, 0.4) is 0 Å². The maximum atomic E-state index is 4.56. The van der Waals surface area contributed by atoms with Crippen LogP contribution in [-0.2, 0) is 0 Å². The first kappa shape index (κ1) is 17.5. The summed E-state index contributed by atoms with van der Waals surface area (Å²) in [6.45, 7) is 5.71. The maximum Gasteiger partial charge on any atom is 0.193 e. The largest absolute Gasteiger partial charge is 0.356 e. The van der Waals surface area contributed by atoms with Gasteiger partial charge in [0, 0.05) is 45.8 Å². The van der Waals surface area contributed by atoms with Crippen LogP contribution in [-0.4, -0.2) is 61.6 Å². The van der Waals surface area contributed by atoms with E-state index in [2.05, 4.69) is 32.3 Å². The smallest absolute Gasteiger partial charge is 0.193 e. The third-order valence-corrected chi connectivity index (χ3v) is 5.99. The summed E-state index contributed by atoms with van der Waals surface area (Å²) in [5, 5.41) is 3.71. The molecular formula is C18H31IN4. The maximum absolute atomic E-state index is 4.56. The van der Waals surface area contributed by atoms with E-state index in [9.17, 15) is 0 Å². The van der Waals surface area contributed by atoms with E-state index in [-0.39, 0.29) is 24.0 Å². The van der Waals surface area contributed by atoms with Gasteiger partial charge in [-0.3, -0.25) is 9.89 Å². The fraction of sp³-hybridized carbons (Fsp3) is 0.833. The summed E-state index contributed by atoms with van der Waals surface area (Å²) >= 11 is 0. The van der Waals surface area contributed by atoms with Gasteiger partial charge in [-0.25, -0.2) is 0 Å². The lowest BCUT2D eigenvalue weighted by molar-refractivity contribution is 0.259. The van der Waals surface area contributed by atoms with E-state index in [0.717, 1.165) is 56.4 Å². The van der Waals surface area contributed by atoms with Crippen molar-refractivity contribution in [1.29, 1.82) is 0 Å². The molecular weight excluding hydrogens is 399 g/mol. The summed E-state index contributed by atoms with van der Waals surface area (Å²) in [6.07, 6.45) is 11.7. The predicted molar refractivity (Wildman–Crippen MR) is 106 cm³/mol. The highest BCUT2D eigenvalue weighted by atomic mass is 127. The topological polar surface area (TPSA) is 30.9 Å². The second kappa shape index (κ2) is 7.72. The highest BCUT2D eigenvalue weighted by molar-refractivity contribution is 14.0. The molecule has 4 rings (SSSR count). The molecule has 0 aromatic heterocycles. The number of aliphatic imine (C=N–C) groups is 1. The molecule has 3 fully saturated rings. The summed E-state index contributed by atoms with van der Waals surface area (Å²) in [6, 6.07) is 0.705. The van der Waals surface area contributed by atoms with E-state index >= 15 is 0 Å². The lowest BCUT2D eigenvalue weighted by atomic mass is 9.98. The molecule has 1 unspecified atom stereocenters. The summed E-state index contributed by atoms with van der Waals surface area (Å²) in [7, 11) is 1.94. The minimum atomic E-state index is 0. The van der Waals surface area contributed by atoms with Crippen LogP contribution in [0.15, 0.2) is 17.1 Å². The van der Waals surface area contributed by atoms with Crippen molar-refractivity contribution in [3.8, 4) is 0 Å². The van der Waals surface area contributed by atoms with Gasteiger partial charge in [0.25, 0.3) is 0 Å². The Kier molecular flexibility index (Phi) is 5.88. The zero-order valence-corrected chi connectivity index (χ0v) is 16.6. The zero-order valence-electron chi connectivity index (χ0n) is 14.3. The first-order valence-electron chi connectivity index (χ1n) is 9.20. The molecule has 4 nitrogen and oxygen atoms in total. The average molecular weight is 430 g/mol. The molecule has 2 heterocycles. The van der Waals surface area contributed by atoms with Crippen LogP contribution in [0, 0.1) is 17.8 Å². The van der Waals surface area contributed by atoms with Gasteiger partial charge in [-0.2, -0.15) is 0 Å². The molecule has 0 aromatic rings. The van der Waals surface area contributed by atoms with Crippen LogP contribution < -0.4 is 5.32 Å². The normalized spacial score (nSPS) is 28.5. The Balaban J connectivity index is 0.00000156. The van der Waals surface area contributed by atoms with Gasteiger partial charge in [0.05, 0.1) is 0 Å². The van der Waals surface area contributed by atoms with E-state index in [0.29, 0.717) is 6.04 Å². The van der Waals surface area contributed by atoms with Crippen LogP contribution in [0.1, 0.15) is 32.1 Å². The number of hydrogen-bond acceptors (Lipinski definition) is 2. The molecule has 0 amide bonds. The van der Waals surface area contributed by atoms with Gasteiger partial charge in [0.1, 0.15) is 0 Å². The van der Waals surface area contributed by atoms with Gasteiger partial charge in [-0.1, -0.05) is 12.2 Å². The molecule has 1 saturated heterocycles. The summed E-state index contributed by atoms with van der Waals surface area (Å²) in [5.74, 6) is 4.08. The standard InChI is InChI=1S/C18H30N4.HI/c1-19-18(20-12-17(14-4-5-14)15-6-7-15)22-11-8-16(13-22)21-9-2-3-10-21;/h2-3,14-17H,4-13H2,1H3,(H,19,20);1H. The van der Waals surface area contributed by atoms with Crippen molar-refractivity contribution >= 4 is 29.9 Å². The molecule has 0 aromatic carbocycles. The Labute approximate surface area is 157 Å². The Morgan fingerprint density at radius 1 is 1.13 bits per heavy atom. The number of nitrogens with one attached hydrogen (secondary N) is 1. The zero-order chi connectivity index (χ0) is 14.9. The van der Waals surface area contributed by atoms with Gasteiger partial charge >= 0.3 is 0 Å². The number of nitrogens with zero attached hydrogens (tertiary/aromatic N) is 3. The molecule has 1 N–H and O–H groups in total. The van der Waals surface area contributed by atoms with Crippen LogP contribution in [0.4, 0.5) is 0 Å². The monoisotopic (exact) mass is 430 g/mol. The van der Waals surface area contributed by atoms with Crippen LogP contribution in [0.25, 0.3) is 0 Å². The van der Waals surface area contributed by atoms with Crippen LogP contribution in [0.2, 0.25) is 0 Å². The SMILES string of the molecule is CN=C(NCC(C1CC1)C1CC1)N1CCC(N2CC=CC2)C1.I. The van der Waals surface area contributed by atoms with E-state index < -0.39 is 0 Å². The lowest BCUT2D eigenvalue weighted by Crippen LogP contribution is -2.44. The minimum absolute atomic E-state index is 0. The van der Waals surface area contributed by atoms with Crippen LogP contribution >= 0.6 is 24.0 Å². The van der Waals surface area contributed by atoms with E-state index in [4.69, 9.17) is 0 Å². The number of hydrogen-bond donors (Lipinski definition) is 1. The van der Waals surface area contributed by atoms with Gasteiger partial charge in [0.2, 0.25) is 0 Å². The molecule has 2 aliphatic carbocycles. The molecule has 2 saturated carbocycles. The Morgan fingerprint density at radius 3 is 2.35 bits per heavy atom. The van der Waals surface area contributed by atoms with Gasteiger partial charge in [0.15, 0.2) is 5.96 Å². The first-order chi connectivity index (χ1) is 10.8. The van der Waals surface area contributed by atoms with Crippen molar-refractivity contribution in [1.82, 2.24) is 15.1 Å².